The maximum absolute atomic E-state index is 11.4. The molecule has 0 spiro atoms. The van der Waals surface area contributed by atoms with Crippen molar-refractivity contribution in [3.05, 3.63) is 41.7 Å². The Labute approximate surface area is 79.1 Å². The number of benzene rings is 1. The zero-order chi connectivity index (χ0) is 9.68. The van der Waals surface area contributed by atoms with Crippen LogP contribution in [0.25, 0.3) is 0 Å². The van der Waals surface area contributed by atoms with E-state index in [1.165, 1.54) is 7.11 Å². The van der Waals surface area contributed by atoms with Crippen molar-refractivity contribution < 1.29 is 14.1 Å². The maximum Gasteiger partial charge on any atom is 0.285 e. The molecule has 0 saturated carbocycles. The van der Waals surface area contributed by atoms with Gasteiger partial charge in [-0.2, -0.15) is 0 Å². The predicted molar refractivity (Wildman–Crippen MR) is 50.6 cm³/mol. The van der Waals surface area contributed by atoms with Gasteiger partial charge in [0.25, 0.3) is 5.95 Å². The van der Waals surface area contributed by atoms with Gasteiger partial charge in [-0.1, -0.05) is 18.2 Å². The number of rotatable bonds is 3. The molecule has 13 heavy (non-hydrogen) atoms. The number of hydrogen-bond donors (Lipinski definition) is 1. The smallest absolute Gasteiger partial charge is 0.285 e. The lowest BCUT2D eigenvalue weighted by atomic mass is 10.4. The number of hydrogen-bond acceptors (Lipinski definition) is 3. The molecule has 1 atom stereocenters. The number of methoxy groups -OCH3 is 1. The van der Waals surface area contributed by atoms with Gasteiger partial charge >= 0.3 is 0 Å². The summed E-state index contributed by atoms with van der Waals surface area (Å²) >= 11 is 0. The highest BCUT2D eigenvalue weighted by molar-refractivity contribution is 7.88. The molecule has 1 aromatic carbocycles. The van der Waals surface area contributed by atoms with Crippen molar-refractivity contribution in [2.45, 2.75) is 4.90 Å². The summed E-state index contributed by atoms with van der Waals surface area (Å²) in [7, 11) is -0.0369. The van der Waals surface area contributed by atoms with E-state index in [0.29, 0.717) is 4.90 Å². The highest BCUT2D eigenvalue weighted by atomic mass is 32.2. The summed E-state index contributed by atoms with van der Waals surface area (Å²) in [5, 5.41) is 10.1. The fraction of sp³-hybridized carbons (Fsp3) is 0.111. The highest BCUT2D eigenvalue weighted by Gasteiger charge is 2.00. The molecule has 3 nitrogen and oxygen atoms in total. The lowest BCUT2D eigenvalue weighted by molar-refractivity contribution is 0.137. The van der Waals surface area contributed by atoms with Gasteiger partial charge in [0.2, 0.25) is 0 Å². The van der Waals surface area contributed by atoms with Crippen molar-refractivity contribution in [3.8, 4) is 0 Å². The van der Waals surface area contributed by atoms with Crippen LogP contribution in [0.3, 0.4) is 0 Å². The van der Waals surface area contributed by atoms with Crippen LogP contribution < -0.4 is 0 Å². The van der Waals surface area contributed by atoms with E-state index in [-0.39, 0.29) is 5.95 Å². The Kier molecular flexibility index (Phi) is 3.52. The summed E-state index contributed by atoms with van der Waals surface area (Å²) in [5.41, 5.74) is 0. The normalized spacial score (nSPS) is 13.8. The van der Waals surface area contributed by atoms with Gasteiger partial charge in [0.1, 0.15) is 0 Å². The number of aliphatic hydroxyl groups is 1. The van der Waals surface area contributed by atoms with E-state index in [2.05, 4.69) is 4.74 Å². The van der Waals surface area contributed by atoms with E-state index in [4.69, 9.17) is 5.11 Å². The zero-order valence-electron chi connectivity index (χ0n) is 7.14. The Bertz CT molecular complexity index is 319. The molecular weight excluding hydrogens is 188 g/mol. The van der Waals surface area contributed by atoms with Gasteiger partial charge in [-0.25, -0.2) is 4.21 Å². The van der Waals surface area contributed by atoms with Crippen molar-refractivity contribution in [1.29, 1.82) is 0 Å². The van der Waals surface area contributed by atoms with Crippen LogP contribution >= 0.6 is 0 Å². The average Bonchev–Trinajstić information content (AvgIpc) is 2.19. The molecule has 0 aromatic heterocycles. The molecule has 0 aliphatic rings. The zero-order valence-corrected chi connectivity index (χ0v) is 7.95. The van der Waals surface area contributed by atoms with E-state index >= 15 is 0 Å². The Morgan fingerprint density at radius 3 is 2.62 bits per heavy atom. The van der Waals surface area contributed by atoms with Gasteiger partial charge in [0.05, 0.1) is 23.3 Å². The van der Waals surface area contributed by atoms with Crippen LogP contribution in [0.1, 0.15) is 0 Å². The second-order valence-corrected chi connectivity index (χ2v) is 3.57. The summed E-state index contributed by atoms with van der Waals surface area (Å²) < 4.78 is 15.9. The standard InChI is InChI=1S/C9H10O3S/c1-12-9(10)7-13(11)8-5-3-2-4-6-8/h2-7,10H,1H3/b9-7+. The van der Waals surface area contributed by atoms with Crippen molar-refractivity contribution >= 4 is 10.8 Å². The minimum atomic E-state index is -1.35. The number of aliphatic hydroxyl groups excluding tert-OH is 1. The van der Waals surface area contributed by atoms with Crippen LogP contribution in [-0.4, -0.2) is 16.4 Å². The minimum absolute atomic E-state index is 0.331. The van der Waals surface area contributed by atoms with Crippen molar-refractivity contribution in [2.75, 3.05) is 7.11 Å². The van der Waals surface area contributed by atoms with Gasteiger partial charge < -0.3 is 9.84 Å². The Hall–Kier alpha value is -1.29. The second kappa shape index (κ2) is 4.67. The molecule has 0 aliphatic heterocycles. The average molecular weight is 198 g/mol. The molecule has 1 unspecified atom stereocenters. The van der Waals surface area contributed by atoms with Gasteiger partial charge in [0, 0.05) is 4.90 Å². The molecule has 0 amide bonds. The lowest BCUT2D eigenvalue weighted by Gasteiger charge is -1.97. The van der Waals surface area contributed by atoms with Crippen LogP contribution in [0.15, 0.2) is 46.6 Å². The molecule has 0 bridgehead atoms. The first-order valence-electron chi connectivity index (χ1n) is 3.64. The van der Waals surface area contributed by atoms with E-state index in [0.717, 1.165) is 5.41 Å². The van der Waals surface area contributed by atoms with Crippen molar-refractivity contribution in [2.24, 2.45) is 0 Å². The molecule has 0 saturated heterocycles. The van der Waals surface area contributed by atoms with Gasteiger partial charge in [-0.05, 0) is 12.1 Å². The van der Waals surface area contributed by atoms with E-state index in [1.54, 1.807) is 24.3 Å². The quantitative estimate of drug-likeness (QED) is 0.753. The molecule has 0 fully saturated rings. The van der Waals surface area contributed by atoms with Gasteiger partial charge in [0.15, 0.2) is 0 Å². The summed E-state index contributed by atoms with van der Waals surface area (Å²) in [5.74, 6) is -0.331. The fourth-order valence-corrected chi connectivity index (χ4v) is 1.60. The molecule has 0 heterocycles. The largest absolute Gasteiger partial charge is 0.481 e. The fourth-order valence-electron chi connectivity index (χ4n) is 0.762. The summed E-state index contributed by atoms with van der Waals surface area (Å²) in [6.07, 6.45) is 0. The molecule has 1 N–H and O–H groups in total. The molecule has 0 radical (unpaired) electrons. The Balaban J connectivity index is 2.81. The maximum atomic E-state index is 11.4. The monoisotopic (exact) mass is 198 g/mol. The lowest BCUT2D eigenvalue weighted by Crippen LogP contribution is -1.90. The summed E-state index contributed by atoms with van der Waals surface area (Å²) in [4.78, 5) is 0.631. The van der Waals surface area contributed by atoms with E-state index < -0.39 is 10.8 Å². The highest BCUT2D eigenvalue weighted by Crippen LogP contribution is 2.07. The van der Waals surface area contributed by atoms with Crippen LogP contribution in [0.2, 0.25) is 0 Å². The summed E-state index contributed by atoms with van der Waals surface area (Å²) in [6, 6.07) is 8.83. The van der Waals surface area contributed by atoms with Crippen molar-refractivity contribution in [3.63, 3.8) is 0 Å². The first-order valence-corrected chi connectivity index (χ1v) is 4.85. The van der Waals surface area contributed by atoms with Crippen LogP contribution in [0.5, 0.6) is 0 Å². The third kappa shape index (κ3) is 2.91. The molecule has 70 valence electrons. The SMILES string of the molecule is CO/C(O)=C/S(=O)c1ccccc1. The molecule has 0 aliphatic carbocycles. The van der Waals surface area contributed by atoms with Gasteiger partial charge in [-0.3, -0.25) is 0 Å². The third-order valence-corrected chi connectivity index (χ3v) is 2.54. The van der Waals surface area contributed by atoms with Crippen molar-refractivity contribution in [1.82, 2.24) is 0 Å². The second-order valence-electron chi connectivity index (χ2n) is 2.27. The van der Waals surface area contributed by atoms with E-state index in [1.807, 2.05) is 6.07 Å². The first-order chi connectivity index (χ1) is 6.24. The minimum Gasteiger partial charge on any atom is -0.481 e. The summed E-state index contributed by atoms with van der Waals surface area (Å²) in [6.45, 7) is 0. The van der Waals surface area contributed by atoms with Crippen LogP contribution in [0, 0.1) is 0 Å². The molecular formula is C9H10O3S. The Morgan fingerprint density at radius 2 is 2.08 bits per heavy atom. The van der Waals surface area contributed by atoms with Crippen LogP contribution in [0.4, 0.5) is 0 Å². The topological polar surface area (TPSA) is 46.5 Å². The molecule has 1 rings (SSSR count). The molecule has 1 aromatic rings. The third-order valence-electron chi connectivity index (χ3n) is 1.39. The van der Waals surface area contributed by atoms with Gasteiger partial charge in [-0.15, -0.1) is 0 Å². The Morgan fingerprint density at radius 1 is 1.46 bits per heavy atom. The van der Waals surface area contributed by atoms with E-state index in [9.17, 15) is 4.21 Å². The number of ether oxygens (including phenoxy) is 1. The van der Waals surface area contributed by atoms with Crippen LogP contribution in [-0.2, 0) is 15.5 Å². The first kappa shape index (κ1) is 9.80. The predicted octanol–water partition coefficient (Wildman–Crippen LogP) is 1.80. The molecule has 4 heteroatoms.